The zero-order chi connectivity index (χ0) is 12.8. The van der Waals surface area contributed by atoms with E-state index in [4.69, 9.17) is 20.3 Å². The van der Waals surface area contributed by atoms with Gasteiger partial charge in [0.25, 0.3) is 0 Å². The maximum atomic E-state index is 8.86. The normalized spacial score (nSPS) is 12.1. The lowest BCUT2D eigenvalue weighted by atomic mass is 10.1. The Labute approximate surface area is 102 Å². The van der Waals surface area contributed by atoms with Gasteiger partial charge in [0.15, 0.2) is 0 Å². The summed E-state index contributed by atoms with van der Waals surface area (Å²) >= 11 is 0. The van der Waals surface area contributed by atoms with Gasteiger partial charge in [-0.15, -0.1) is 0 Å². The molecule has 0 aliphatic rings. The Hall–Kier alpha value is -1.46. The Balaban J connectivity index is 2.88. The molecule has 1 unspecified atom stereocenters. The first-order valence-electron chi connectivity index (χ1n) is 5.46. The zero-order valence-electron chi connectivity index (χ0n) is 10.5. The molecule has 96 valence electrons. The number of aliphatic hydroxyl groups excluding tert-OH is 1. The van der Waals surface area contributed by atoms with E-state index in [1.807, 2.05) is 19.1 Å². The molecule has 5 heteroatoms. The van der Waals surface area contributed by atoms with Gasteiger partial charge in [-0.25, -0.2) is 0 Å². The Morgan fingerprint density at radius 2 is 2.06 bits per heavy atom. The summed E-state index contributed by atoms with van der Waals surface area (Å²) in [5.41, 5.74) is 7.40. The van der Waals surface area contributed by atoms with Crippen molar-refractivity contribution < 1.29 is 14.6 Å². The SMILES string of the molecule is COc1ccc(NCC(N)CO)c(OC)c1C. The number of ether oxygens (including phenoxy) is 2. The van der Waals surface area contributed by atoms with Gasteiger partial charge in [0.2, 0.25) is 0 Å². The van der Waals surface area contributed by atoms with Crippen molar-refractivity contribution in [2.75, 3.05) is 32.7 Å². The minimum atomic E-state index is -0.290. The van der Waals surface area contributed by atoms with Crippen LogP contribution in [0.15, 0.2) is 12.1 Å². The van der Waals surface area contributed by atoms with E-state index in [9.17, 15) is 0 Å². The van der Waals surface area contributed by atoms with E-state index < -0.39 is 0 Å². The monoisotopic (exact) mass is 240 g/mol. The summed E-state index contributed by atoms with van der Waals surface area (Å²) in [6.45, 7) is 2.36. The van der Waals surface area contributed by atoms with Crippen molar-refractivity contribution in [2.24, 2.45) is 5.73 Å². The van der Waals surface area contributed by atoms with Crippen molar-refractivity contribution in [3.8, 4) is 11.5 Å². The molecule has 0 aliphatic carbocycles. The van der Waals surface area contributed by atoms with Crippen LogP contribution in [0.1, 0.15) is 5.56 Å². The Kier molecular flexibility index (Phi) is 5.06. The fraction of sp³-hybridized carbons (Fsp3) is 0.500. The summed E-state index contributed by atoms with van der Waals surface area (Å²) in [6.07, 6.45) is 0. The van der Waals surface area contributed by atoms with Crippen molar-refractivity contribution in [1.29, 1.82) is 0 Å². The van der Waals surface area contributed by atoms with Crippen LogP contribution in [-0.2, 0) is 0 Å². The van der Waals surface area contributed by atoms with E-state index in [1.54, 1.807) is 14.2 Å². The highest BCUT2D eigenvalue weighted by Gasteiger charge is 2.11. The van der Waals surface area contributed by atoms with Crippen LogP contribution in [0.5, 0.6) is 11.5 Å². The smallest absolute Gasteiger partial charge is 0.148 e. The van der Waals surface area contributed by atoms with Crippen molar-refractivity contribution >= 4 is 5.69 Å². The highest BCUT2D eigenvalue weighted by molar-refractivity contribution is 5.64. The van der Waals surface area contributed by atoms with Crippen molar-refractivity contribution in [2.45, 2.75) is 13.0 Å². The molecule has 0 aromatic heterocycles. The largest absolute Gasteiger partial charge is 0.496 e. The zero-order valence-corrected chi connectivity index (χ0v) is 10.5. The second kappa shape index (κ2) is 6.32. The topological polar surface area (TPSA) is 76.7 Å². The molecule has 4 N–H and O–H groups in total. The van der Waals surface area contributed by atoms with Crippen LogP contribution < -0.4 is 20.5 Å². The second-order valence-corrected chi connectivity index (χ2v) is 3.80. The number of aliphatic hydroxyl groups is 1. The molecular weight excluding hydrogens is 220 g/mol. The third-order valence-electron chi connectivity index (χ3n) is 2.57. The van der Waals surface area contributed by atoms with E-state index in [2.05, 4.69) is 5.32 Å². The van der Waals surface area contributed by atoms with Gasteiger partial charge in [-0.3, -0.25) is 0 Å². The second-order valence-electron chi connectivity index (χ2n) is 3.80. The minimum absolute atomic E-state index is 0.0511. The lowest BCUT2D eigenvalue weighted by molar-refractivity contribution is 0.270. The van der Waals surface area contributed by atoms with E-state index in [1.165, 1.54) is 0 Å². The number of nitrogens with two attached hydrogens (primary N) is 1. The number of benzene rings is 1. The molecule has 1 aromatic carbocycles. The average Bonchev–Trinajstić information content (AvgIpc) is 2.35. The van der Waals surface area contributed by atoms with Crippen LogP contribution in [0.25, 0.3) is 0 Å². The van der Waals surface area contributed by atoms with E-state index in [0.717, 1.165) is 22.7 Å². The van der Waals surface area contributed by atoms with Gasteiger partial charge >= 0.3 is 0 Å². The van der Waals surface area contributed by atoms with Crippen LogP contribution in [0.4, 0.5) is 5.69 Å². The Morgan fingerprint density at radius 1 is 1.35 bits per heavy atom. The Morgan fingerprint density at radius 3 is 2.59 bits per heavy atom. The summed E-state index contributed by atoms with van der Waals surface area (Å²) in [4.78, 5) is 0. The van der Waals surface area contributed by atoms with Crippen LogP contribution in [0.2, 0.25) is 0 Å². The number of methoxy groups -OCH3 is 2. The first-order chi connectivity index (χ1) is 8.13. The highest BCUT2D eigenvalue weighted by Crippen LogP contribution is 2.34. The summed E-state index contributed by atoms with van der Waals surface area (Å²) in [7, 11) is 3.23. The number of hydrogen-bond donors (Lipinski definition) is 3. The van der Waals surface area contributed by atoms with Gasteiger partial charge < -0.3 is 25.6 Å². The molecular formula is C12H20N2O3. The van der Waals surface area contributed by atoms with Gasteiger partial charge in [-0.2, -0.15) is 0 Å². The summed E-state index contributed by atoms with van der Waals surface area (Å²) in [5.74, 6) is 1.51. The van der Waals surface area contributed by atoms with Crippen molar-refractivity contribution in [3.05, 3.63) is 17.7 Å². The molecule has 0 saturated carbocycles. The fourth-order valence-electron chi connectivity index (χ4n) is 1.60. The molecule has 5 nitrogen and oxygen atoms in total. The molecule has 0 bridgehead atoms. The molecule has 0 radical (unpaired) electrons. The molecule has 0 amide bonds. The molecule has 1 rings (SSSR count). The minimum Gasteiger partial charge on any atom is -0.496 e. The van der Waals surface area contributed by atoms with Gasteiger partial charge in [-0.1, -0.05) is 0 Å². The predicted molar refractivity (Wildman–Crippen MR) is 67.8 cm³/mol. The van der Waals surface area contributed by atoms with Crippen LogP contribution in [0, 0.1) is 6.92 Å². The first-order valence-corrected chi connectivity index (χ1v) is 5.46. The lowest BCUT2D eigenvalue weighted by Gasteiger charge is -2.17. The Bertz CT molecular complexity index is 369. The van der Waals surface area contributed by atoms with Crippen LogP contribution in [-0.4, -0.2) is 38.5 Å². The quantitative estimate of drug-likeness (QED) is 0.684. The molecule has 0 saturated heterocycles. The molecule has 0 fully saturated rings. The van der Waals surface area contributed by atoms with Crippen LogP contribution >= 0.6 is 0 Å². The van der Waals surface area contributed by atoms with Crippen molar-refractivity contribution in [1.82, 2.24) is 0 Å². The van der Waals surface area contributed by atoms with E-state index in [0.29, 0.717) is 6.54 Å². The molecule has 0 aliphatic heterocycles. The maximum absolute atomic E-state index is 8.86. The summed E-state index contributed by atoms with van der Waals surface area (Å²) < 4.78 is 10.6. The highest BCUT2D eigenvalue weighted by atomic mass is 16.5. The van der Waals surface area contributed by atoms with Crippen LogP contribution in [0.3, 0.4) is 0 Å². The first kappa shape index (κ1) is 13.6. The number of rotatable bonds is 6. The lowest BCUT2D eigenvalue weighted by Crippen LogP contribution is -2.32. The van der Waals surface area contributed by atoms with E-state index >= 15 is 0 Å². The average molecular weight is 240 g/mol. The molecule has 1 atom stereocenters. The van der Waals surface area contributed by atoms with E-state index in [-0.39, 0.29) is 12.6 Å². The standard InChI is InChI=1S/C12H20N2O3/c1-8-11(16-2)5-4-10(12(8)17-3)14-6-9(13)7-15/h4-5,9,14-15H,6-7,13H2,1-3H3. The number of hydrogen-bond acceptors (Lipinski definition) is 5. The molecule has 1 aromatic rings. The summed E-state index contributed by atoms with van der Waals surface area (Å²) in [6, 6.07) is 3.45. The van der Waals surface area contributed by atoms with Gasteiger partial charge in [0.1, 0.15) is 11.5 Å². The fourth-order valence-corrected chi connectivity index (χ4v) is 1.60. The summed E-state index contributed by atoms with van der Waals surface area (Å²) in [5, 5.41) is 12.0. The van der Waals surface area contributed by atoms with Gasteiger partial charge in [0, 0.05) is 18.2 Å². The van der Waals surface area contributed by atoms with Crippen molar-refractivity contribution in [3.63, 3.8) is 0 Å². The number of anilines is 1. The maximum Gasteiger partial charge on any atom is 0.148 e. The third-order valence-corrected chi connectivity index (χ3v) is 2.57. The molecule has 0 spiro atoms. The predicted octanol–water partition coefficient (Wildman–Crippen LogP) is 0.744. The third kappa shape index (κ3) is 3.25. The molecule has 0 heterocycles. The van der Waals surface area contributed by atoms with Gasteiger partial charge in [-0.05, 0) is 19.1 Å². The van der Waals surface area contributed by atoms with Gasteiger partial charge in [0.05, 0.1) is 26.5 Å². The number of nitrogens with one attached hydrogen (secondary N) is 1. The molecule has 17 heavy (non-hydrogen) atoms.